The highest BCUT2D eigenvalue weighted by Crippen LogP contribution is 2.21. The predicted molar refractivity (Wildman–Crippen MR) is 73.0 cm³/mol. The molecule has 1 aliphatic heterocycles. The quantitative estimate of drug-likeness (QED) is 0.824. The lowest BCUT2D eigenvalue weighted by Gasteiger charge is -2.25. The normalized spacial score (nSPS) is 16.0. The van der Waals surface area contributed by atoms with Crippen molar-refractivity contribution < 1.29 is 0 Å². The molecule has 1 fully saturated rings. The van der Waals surface area contributed by atoms with Crippen molar-refractivity contribution in [2.45, 2.75) is 13.3 Å². The van der Waals surface area contributed by atoms with E-state index in [1.54, 1.807) is 0 Å². The Morgan fingerprint density at radius 2 is 2.11 bits per heavy atom. The minimum atomic E-state index is 0.780. The zero-order chi connectivity index (χ0) is 13.2. The topological polar surface area (TPSA) is 74.7 Å². The molecule has 3 heterocycles. The number of hydrogen-bond acceptors (Lipinski definition) is 5. The third kappa shape index (κ3) is 2.33. The lowest BCUT2D eigenvalue weighted by molar-refractivity contribution is 0.580. The molecule has 0 bridgehead atoms. The van der Waals surface area contributed by atoms with Crippen LogP contribution in [0.5, 0.6) is 0 Å². The second-order valence-electron chi connectivity index (χ2n) is 4.74. The summed E-state index contributed by atoms with van der Waals surface area (Å²) in [5, 5.41) is 15.1. The molecule has 0 unspecified atom stereocenters. The molecule has 0 aromatic carbocycles. The number of nitrogens with zero attached hydrogens (tertiary/aromatic N) is 5. The third-order valence-electron chi connectivity index (χ3n) is 3.37. The molecule has 19 heavy (non-hydrogen) atoms. The largest absolute Gasteiger partial charge is 0.337 e. The van der Waals surface area contributed by atoms with Gasteiger partial charge in [-0.25, -0.2) is 0 Å². The number of aryl methyl sites for hydroxylation is 2. The first-order valence-corrected chi connectivity index (χ1v) is 6.69. The fourth-order valence-electron chi connectivity index (χ4n) is 2.37. The van der Waals surface area contributed by atoms with E-state index in [9.17, 15) is 0 Å². The van der Waals surface area contributed by atoms with Gasteiger partial charge in [0.1, 0.15) is 0 Å². The molecule has 0 aliphatic carbocycles. The smallest absolute Gasteiger partial charge is 0.245 e. The molecule has 7 heteroatoms. The monoisotopic (exact) mass is 261 g/mol. The molecule has 3 rings (SSSR count). The third-order valence-corrected chi connectivity index (χ3v) is 3.37. The van der Waals surface area contributed by atoms with Crippen LogP contribution in [0.25, 0.3) is 11.4 Å². The highest BCUT2D eigenvalue weighted by Gasteiger charge is 2.17. The molecular formula is C12H19N7. The van der Waals surface area contributed by atoms with Gasteiger partial charge in [0.05, 0.1) is 11.3 Å². The summed E-state index contributed by atoms with van der Waals surface area (Å²) in [6, 6.07) is 0. The summed E-state index contributed by atoms with van der Waals surface area (Å²) in [7, 11) is 1.93. The van der Waals surface area contributed by atoms with Gasteiger partial charge in [-0.2, -0.15) is 10.1 Å². The second-order valence-corrected chi connectivity index (χ2v) is 4.74. The number of nitrogens with one attached hydrogen (secondary N) is 2. The summed E-state index contributed by atoms with van der Waals surface area (Å²) >= 11 is 0. The van der Waals surface area contributed by atoms with Gasteiger partial charge in [0.25, 0.3) is 0 Å². The summed E-state index contributed by atoms with van der Waals surface area (Å²) in [5.41, 5.74) is 2.09. The first-order chi connectivity index (χ1) is 9.28. The zero-order valence-electron chi connectivity index (χ0n) is 11.3. The Bertz CT molecular complexity index is 550. The molecule has 2 aromatic heterocycles. The van der Waals surface area contributed by atoms with Crippen LogP contribution >= 0.6 is 0 Å². The van der Waals surface area contributed by atoms with Crippen molar-refractivity contribution in [1.29, 1.82) is 0 Å². The summed E-state index contributed by atoms with van der Waals surface area (Å²) in [5.74, 6) is 1.58. The van der Waals surface area contributed by atoms with E-state index in [-0.39, 0.29) is 0 Å². The van der Waals surface area contributed by atoms with Gasteiger partial charge < -0.3 is 10.2 Å². The first kappa shape index (κ1) is 12.2. The van der Waals surface area contributed by atoms with Crippen LogP contribution in [0, 0.1) is 0 Å². The Labute approximate surface area is 112 Å². The fourth-order valence-corrected chi connectivity index (χ4v) is 2.37. The Kier molecular flexibility index (Phi) is 3.20. The van der Waals surface area contributed by atoms with E-state index in [4.69, 9.17) is 0 Å². The Balaban J connectivity index is 1.87. The highest BCUT2D eigenvalue weighted by atomic mass is 15.4. The van der Waals surface area contributed by atoms with Crippen LogP contribution in [-0.2, 0) is 13.5 Å². The Morgan fingerprint density at radius 3 is 2.84 bits per heavy atom. The molecule has 0 amide bonds. The summed E-state index contributed by atoms with van der Waals surface area (Å²) in [6.45, 7) is 5.96. The van der Waals surface area contributed by atoms with Crippen molar-refractivity contribution in [3.63, 3.8) is 0 Å². The van der Waals surface area contributed by atoms with Crippen molar-refractivity contribution in [1.82, 2.24) is 30.3 Å². The second kappa shape index (κ2) is 5.00. The number of H-pyrrole nitrogens is 1. The molecule has 0 saturated carbocycles. The molecule has 0 spiro atoms. The maximum atomic E-state index is 4.60. The van der Waals surface area contributed by atoms with Crippen LogP contribution in [0.15, 0.2) is 6.20 Å². The lowest BCUT2D eigenvalue weighted by atomic mass is 10.2. The van der Waals surface area contributed by atoms with Crippen LogP contribution in [0.2, 0.25) is 0 Å². The predicted octanol–water partition coefficient (Wildman–Crippen LogP) is 0.177. The van der Waals surface area contributed by atoms with Crippen LogP contribution in [-0.4, -0.2) is 51.1 Å². The molecule has 102 valence electrons. The summed E-state index contributed by atoms with van der Waals surface area (Å²) in [6.07, 6.45) is 2.88. The summed E-state index contributed by atoms with van der Waals surface area (Å²) in [4.78, 5) is 6.80. The number of aromatic nitrogens is 5. The van der Waals surface area contributed by atoms with Crippen LogP contribution in [0.4, 0.5) is 5.95 Å². The lowest BCUT2D eigenvalue weighted by Crippen LogP contribution is -2.44. The van der Waals surface area contributed by atoms with Crippen molar-refractivity contribution >= 4 is 5.95 Å². The van der Waals surface area contributed by atoms with E-state index in [1.807, 2.05) is 17.9 Å². The van der Waals surface area contributed by atoms with E-state index in [2.05, 4.69) is 37.4 Å². The average molecular weight is 261 g/mol. The molecule has 7 nitrogen and oxygen atoms in total. The zero-order valence-corrected chi connectivity index (χ0v) is 11.3. The standard InChI is InChI=1S/C12H19N7/c1-3-10-9(8-18(2)17-10)11-14-12(16-15-11)19-6-4-13-5-7-19/h8,13H,3-7H2,1-2H3,(H,14,15,16). The molecule has 2 aromatic rings. The molecular weight excluding hydrogens is 242 g/mol. The van der Waals surface area contributed by atoms with Gasteiger partial charge in [0.15, 0.2) is 5.82 Å². The Morgan fingerprint density at radius 1 is 1.32 bits per heavy atom. The maximum absolute atomic E-state index is 4.60. The van der Waals surface area contributed by atoms with E-state index < -0.39 is 0 Å². The molecule has 2 N–H and O–H groups in total. The minimum Gasteiger partial charge on any atom is -0.337 e. The molecule has 1 aliphatic rings. The van der Waals surface area contributed by atoms with Crippen LogP contribution in [0.3, 0.4) is 0 Å². The van der Waals surface area contributed by atoms with E-state index in [1.165, 1.54) is 0 Å². The van der Waals surface area contributed by atoms with E-state index >= 15 is 0 Å². The van der Waals surface area contributed by atoms with Crippen LogP contribution in [0.1, 0.15) is 12.6 Å². The molecule has 0 radical (unpaired) electrons. The maximum Gasteiger partial charge on any atom is 0.245 e. The van der Waals surface area contributed by atoms with Gasteiger partial charge in [-0.15, -0.1) is 5.10 Å². The van der Waals surface area contributed by atoms with Crippen molar-refractivity contribution in [3.05, 3.63) is 11.9 Å². The molecule has 1 saturated heterocycles. The SMILES string of the molecule is CCc1nn(C)cc1-c1nc(N2CCNCC2)n[nH]1. The van der Waals surface area contributed by atoms with Gasteiger partial charge >= 0.3 is 0 Å². The van der Waals surface area contributed by atoms with Gasteiger partial charge in [-0.3, -0.25) is 9.78 Å². The number of aromatic amines is 1. The highest BCUT2D eigenvalue weighted by molar-refractivity contribution is 5.58. The van der Waals surface area contributed by atoms with Crippen molar-refractivity contribution in [3.8, 4) is 11.4 Å². The summed E-state index contributed by atoms with van der Waals surface area (Å²) < 4.78 is 1.82. The van der Waals surface area contributed by atoms with Gasteiger partial charge in [-0.05, 0) is 6.42 Å². The van der Waals surface area contributed by atoms with Gasteiger partial charge in [-0.1, -0.05) is 6.92 Å². The number of anilines is 1. The first-order valence-electron chi connectivity index (χ1n) is 6.69. The Hall–Kier alpha value is -1.89. The van der Waals surface area contributed by atoms with Crippen molar-refractivity contribution in [2.75, 3.05) is 31.1 Å². The van der Waals surface area contributed by atoms with Gasteiger partial charge in [0.2, 0.25) is 5.95 Å². The number of rotatable bonds is 3. The fraction of sp³-hybridized carbons (Fsp3) is 0.583. The minimum absolute atomic E-state index is 0.780. The number of piperazine rings is 1. The van der Waals surface area contributed by atoms with E-state index in [0.717, 1.165) is 55.6 Å². The van der Waals surface area contributed by atoms with Crippen molar-refractivity contribution in [2.24, 2.45) is 7.05 Å². The average Bonchev–Trinajstić information content (AvgIpc) is 3.05. The molecule has 0 atom stereocenters. The number of hydrogen-bond donors (Lipinski definition) is 2. The van der Waals surface area contributed by atoms with Crippen LogP contribution < -0.4 is 10.2 Å². The van der Waals surface area contributed by atoms with E-state index in [0.29, 0.717) is 0 Å². The van der Waals surface area contributed by atoms with Gasteiger partial charge in [0, 0.05) is 39.4 Å².